The summed E-state index contributed by atoms with van der Waals surface area (Å²) in [6.07, 6.45) is 5.56. The number of carbonyl (C=O) groups excluding carboxylic acids is 1. The molecule has 1 aromatic heterocycles. The van der Waals surface area contributed by atoms with Crippen LogP contribution in [0, 0.1) is 0 Å². The number of rotatable bonds is 7. The summed E-state index contributed by atoms with van der Waals surface area (Å²) in [5.74, 6) is 3.30. The Morgan fingerprint density at radius 1 is 1.00 bits per heavy atom. The molecule has 162 valence electrons. The van der Waals surface area contributed by atoms with E-state index in [1.54, 1.807) is 14.2 Å². The van der Waals surface area contributed by atoms with E-state index >= 15 is 0 Å². The fourth-order valence-corrected chi connectivity index (χ4v) is 3.92. The maximum absolute atomic E-state index is 12.4. The van der Waals surface area contributed by atoms with Gasteiger partial charge in [-0.3, -0.25) is 4.79 Å². The molecular formula is C24H28N4O3. The largest absolute Gasteiger partial charge is 0.493 e. The van der Waals surface area contributed by atoms with Crippen LogP contribution in [-0.2, 0) is 24.2 Å². The first kappa shape index (κ1) is 20.9. The molecule has 0 bridgehead atoms. The van der Waals surface area contributed by atoms with Gasteiger partial charge in [0, 0.05) is 30.6 Å². The summed E-state index contributed by atoms with van der Waals surface area (Å²) >= 11 is 0. The van der Waals surface area contributed by atoms with E-state index in [2.05, 4.69) is 20.1 Å². The molecule has 2 aromatic carbocycles. The predicted octanol–water partition coefficient (Wildman–Crippen LogP) is 4.26. The van der Waals surface area contributed by atoms with Crippen LogP contribution < -0.4 is 14.8 Å². The van der Waals surface area contributed by atoms with Crippen molar-refractivity contribution in [3.63, 3.8) is 0 Å². The van der Waals surface area contributed by atoms with Crippen LogP contribution in [0.3, 0.4) is 0 Å². The number of nitrogens with one attached hydrogen (secondary N) is 1. The Labute approximate surface area is 182 Å². The second-order valence-electron chi connectivity index (χ2n) is 7.72. The number of benzene rings is 2. The van der Waals surface area contributed by atoms with E-state index in [0.29, 0.717) is 24.3 Å². The minimum atomic E-state index is -0.0288. The van der Waals surface area contributed by atoms with Crippen molar-refractivity contribution in [2.24, 2.45) is 0 Å². The summed E-state index contributed by atoms with van der Waals surface area (Å²) in [4.78, 5) is 12.4. The third-order valence-electron chi connectivity index (χ3n) is 5.63. The minimum absolute atomic E-state index is 0.0288. The molecule has 0 atom stereocenters. The number of amides is 1. The lowest BCUT2D eigenvalue weighted by Gasteiger charge is -2.10. The first-order valence-corrected chi connectivity index (χ1v) is 10.7. The van der Waals surface area contributed by atoms with E-state index in [1.807, 2.05) is 42.5 Å². The van der Waals surface area contributed by atoms with Crippen LogP contribution in [0.25, 0.3) is 11.4 Å². The zero-order chi connectivity index (χ0) is 21.6. The summed E-state index contributed by atoms with van der Waals surface area (Å²) in [5.41, 5.74) is 2.82. The predicted molar refractivity (Wildman–Crippen MR) is 120 cm³/mol. The van der Waals surface area contributed by atoms with Gasteiger partial charge in [-0.1, -0.05) is 12.5 Å². The van der Waals surface area contributed by atoms with E-state index in [1.165, 1.54) is 12.8 Å². The zero-order valence-corrected chi connectivity index (χ0v) is 18.1. The molecule has 2 heterocycles. The molecule has 1 aliphatic heterocycles. The summed E-state index contributed by atoms with van der Waals surface area (Å²) in [6.45, 7) is 0.965. The van der Waals surface area contributed by atoms with Gasteiger partial charge in [-0.25, -0.2) is 0 Å². The molecule has 0 spiro atoms. The van der Waals surface area contributed by atoms with Crippen LogP contribution in [0.1, 0.15) is 37.1 Å². The van der Waals surface area contributed by atoms with Crippen molar-refractivity contribution in [3.05, 3.63) is 53.9 Å². The van der Waals surface area contributed by atoms with Crippen LogP contribution in [-0.4, -0.2) is 34.9 Å². The molecule has 0 saturated carbocycles. The average Bonchev–Trinajstić information content (AvgIpc) is 3.05. The van der Waals surface area contributed by atoms with Crippen molar-refractivity contribution in [3.8, 4) is 22.9 Å². The molecule has 7 heteroatoms. The molecule has 31 heavy (non-hydrogen) atoms. The quantitative estimate of drug-likeness (QED) is 0.618. The van der Waals surface area contributed by atoms with Gasteiger partial charge in [0.05, 0.1) is 14.2 Å². The van der Waals surface area contributed by atoms with Gasteiger partial charge in [0.25, 0.3) is 0 Å². The number of carbonyl (C=O) groups is 1. The Morgan fingerprint density at radius 2 is 1.81 bits per heavy atom. The number of ether oxygens (including phenoxy) is 2. The van der Waals surface area contributed by atoms with Crippen LogP contribution in [0.15, 0.2) is 42.5 Å². The van der Waals surface area contributed by atoms with Crippen molar-refractivity contribution in [2.45, 2.75) is 45.1 Å². The number of nitrogens with zero attached hydrogens (tertiary/aromatic N) is 3. The molecule has 1 aliphatic rings. The summed E-state index contributed by atoms with van der Waals surface area (Å²) < 4.78 is 12.8. The number of methoxy groups -OCH3 is 2. The van der Waals surface area contributed by atoms with Gasteiger partial charge in [-0.2, -0.15) is 0 Å². The minimum Gasteiger partial charge on any atom is -0.493 e. The SMILES string of the molecule is COc1ccc(CCC(=O)Nc2ccc(-c3nnc4n3CCCCC4)cc2)cc1OC. The molecule has 0 unspecified atom stereocenters. The average molecular weight is 421 g/mol. The van der Waals surface area contributed by atoms with Crippen molar-refractivity contribution in [1.29, 1.82) is 0 Å². The van der Waals surface area contributed by atoms with Gasteiger partial charge in [-0.15, -0.1) is 10.2 Å². The molecule has 1 N–H and O–H groups in total. The lowest BCUT2D eigenvalue weighted by Crippen LogP contribution is -2.12. The Hall–Kier alpha value is -3.35. The highest BCUT2D eigenvalue weighted by Gasteiger charge is 2.16. The molecule has 4 rings (SSSR count). The Morgan fingerprint density at radius 3 is 2.58 bits per heavy atom. The van der Waals surface area contributed by atoms with Gasteiger partial charge >= 0.3 is 0 Å². The van der Waals surface area contributed by atoms with E-state index < -0.39 is 0 Å². The van der Waals surface area contributed by atoms with Crippen molar-refractivity contribution < 1.29 is 14.3 Å². The van der Waals surface area contributed by atoms with Crippen LogP contribution in [0.4, 0.5) is 5.69 Å². The highest BCUT2D eigenvalue weighted by molar-refractivity contribution is 5.91. The molecule has 0 radical (unpaired) electrons. The normalized spacial score (nSPS) is 13.2. The number of anilines is 1. The van der Waals surface area contributed by atoms with Gasteiger partial charge in [0.15, 0.2) is 17.3 Å². The first-order chi connectivity index (χ1) is 15.2. The summed E-state index contributed by atoms with van der Waals surface area (Å²) in [5, 5.41) is 11.7. The van der Waals surface area contributed by atoms with Crippen molar-refractivity contribution >= 4 is 11.6 Å². The van der Waals surface area contributed by atoms with Gasteiger partial charge in [-0.05, 0) is 61.2 Å². The van der Waals surface area contributed by atoms with E-state index in [4.69, 9.17) is 9.47 Å². The van der Waals surface area contributed by atoms with Gasteiger partial charge < -0.3 is 19.4 Å². The summed E-state index contributed by atoms with van der Waals surface area (Å²) in [7, 11) is 3.21. The number of fused-ring (bicyclic) bond motifs is 1. The lowest BCUT2D eigenvalue weighted by atomic mass is 10.1. The van der Waals surface area contributed by atoms with Gasteiger partial charge in [0.1, 0.15) is 5.82 Å². The van der Waals surface area contributed by atoms with Crippen molar-refractivity contribution in [1.82, 2.24) is 14.8 Å². The second-order valence-corrected chi connectivity index (χ2v) is 7.72. The number of hydrogen-bond acceptors (Lipinski definition) is 5. The summed E-state index contributed by atoms with van der Waals surface area (Å²) in [6, 6.07) is 13.5. The van der Waals surface area contributed by atoms with Crippen LogP contribution in [0.5, 0.6) is 11.5 Å². The number of aryl methyl sites for hydroxylation is 2. The topological polar surface area (TPSA) is 78.3 Å². The molecule has 0 saturated heterocycles. The van der Waals surface area contributed by atoms with Crippen LogP contribution >= 0.6 is 0 Å². The second kappa shape index (κ2) is 9.64. The molecule has 1 amide bonds. The standard InChI is InChI=1S/C24H28N4O3/c1-30-20-13-7-17(16-21(20)31-2)8-14-23(29)25-19-11-9-18(10-12-19)24-27-26-22-6-4-3-5-15-28(22)24/h7,9-13,16H,3-6,8,14-15H2,1-2H3,(H,25,29). The van der Waals surface area contributed by atoms with E-state index in [-0.39, 0.29) is 5.91 Å². The molecular weight excluding hydrogens is 392 g/mol. The zero-order valence-electron chi connectivity index (χ0n) is 18.1. The van der Waals surface area contributed by atoms with E-state index in [0.717, 1.165) is 47.8 Å². The van der Waals surface area contributed by atoms with Crippen LogP contribution in [0.2, 0.25) is 0 Å². The third-order valence-corrected chi connectivity index (χ3v) is 5.63. The smallest absolute Gasteiger partial charge is 0.224 e. The maximum atomic E-state index is 12.4. The highest BCUT2D eigenvalue weighted by Crippen LogP contribution is 2.28. The fraction of sp³-hybridized carbons (Fsp3) is 0.375. The molecule has 7 nitrogen and oxygen atoms in total. The third kappa shape index (κ3) is 4.87. The monoisotopic (exact) mass is 420 g/mol. The first-order valence-electron chi connectivity index (χ1n) is 10.7. The Kier molecular flexibility index (Phi) is 6.50. The lowest BCUT2D eigenvalue weighted by molar-refractivity contribution is -0.116. The van der Waals surface area contributed by atoms with E-state index in [9.17, 15) is 4.79 Å². The Bertz CT molecular complexity index is 1040. The molecule has 0 aliphatic carbocycles. The Balaban J connectivity index is 1.36. The number of hydrogen-bond donors (Lipinski definition) is 1. The van der Waals surface area contributed by atoms with Gasteiger partial charge in [0.2, 0.25) is 5.91 Å². The maximum Gasteiger partial charge on any atom is 0.224 e. The molecule has 0 fully saturated rings. The molecule has 3 aromatic rings. The van der Waals surface area contributed by atoms with Crippen molar-refractivity contribution in [2.75, 3.05) is 19.5 Å². The number of aromatic nitrogens is 3. The highest BCUT2D eigenvalue weighted by atomic mass is 16.5. The fourth-order valence-electron chi connectivity index (χ4n) is 3.92.